The molecule has 7 heteroatoms. The number of carbonyl (C=O) groups is 1. The molecule has 2 aromatic rings. The summed E-state index contributed by atoms with van der Waals surface area (Å²) in [6, 6.07) is 2.99. The van der Waals surface area contributed by atoms with Gasteiger partial charge >= 0.3 is 5.97 Å². The number of thiophene rings is 1. The van der Waals surface area contributed by atoms with Crippen molar-refractivity contribution in [2.75, 3.05) is 30.4 Å². The van der Waals surface area contributed by atoms with Crippen LogP contribution < -0.4 is 9.80 Å². The minimum Gasteiger partial charge on any atom is -0.479 e. The summed E-state index contributed by atoms with van der Waals surface area (Å²) < 4.78 is 0. The lowest BCUT2D eigenvalue weighted by Gasteiger charge is -2.34. The molecule has 0 aromatic carbocycles. The molecule has 0 fully saturated rings. The average molecular weight is 304 g/mol. The number of fused-ring (bicyclic) bond motifs is 1. The van der Waals surface area contributed by atoms with Gasteiger partial charge in [0, 0.05) is 31.7 Å². The van der Waals surface area contributed by atoms with Crippen LogP contribution in [-0.4, -0.2) is 41.7 Å². The van der Waals surface area contributed by atoms with Crippen LogP contribution in [0, 0.1) is 0 Å². The summed E-state index contributed by atoms with van der Waals surface area (Å²) in [6.45, 7) is 0.647. The molecule has 0 saturated heterocycles. The van der Waals surface area contributed by atoms with Crippen LogP contribution in [0.5, 0.6) is 0 Å². The highest BCUT2D eigenvalue weighted by Gasteiger charge is 2.34. The zero-order chi connectivity index (χ0) is 15.0. The van der Waals surface area contributed by atoms with E-state index in [9.17, 15) is 9.90 Å². The molecule has 0 radical (unpaired) electrons. The Labute approximate surface area is 126 Å². The Morgan fingerprint density at radius 3 is 3.00 bits per heavy atom. The lowest BCUT2D eigenvalue weighted by atomic mass is 10.00. The highest BCUT2D eigenvalue weighted by atomic mass is 32.1. The molecule has 21 heavy (non-hydrogen) atoms. The Kier molecular flexibility index (Phi) is 3.50. The van der Waals surface area contributed by atoms with E-state index in [-0.39, 0.29) is 0 Å². The molecule has 0 saturated carbocycles. The van der Waals surface area contributed by atoms with Crippen LogP contribution in [0.2, 0.25) is 0 Å². The highest BCUT2D eigenvalue weighted by Crippen LogP contribution is 2.35. The molecule has 0 spiro atoms. The summed E-state index contributed by atoms with van der Waals surface area (Å²) in [5, 5.41) is 11.6. The first-order chi connectivity index (χ1) is 10.1. The normalized spacial score (nSPS) is 17.4. The summed E-state index contributed by atoms with van der Waals surface area (Å²) in [4.78, 5) is 25.2. The summed E-state index contributed by atoms with van der Waals surface area (Å²) >= 11 is 1.62. The van der Waals surface area contributed by atoms with E-state index in [1.165, 1.54) is 0 Å². The van der Waals surface area contributed by atoms with Gasteiger partial charge in [0.1, 0.15) is 5.82 Å². The van der Waals surface area contributed by atoms with E-state index in [1.54, 1.807) is 28.5 Å². The molecule has 1 N–H and O–H groups in total. The first-order valence-corrected chi connectivity index (χ1v) is 7.52. The summed E-state index contributed by atoms with van der Waals surface area (Å²) in [7, 11) is 3.72. The first kappa shape index (κ1) is 13.8. The second kappa shape index (κ2) is 5.33. The van der Waals surface area contributed by atoms with Gasteiger partial charge in [0.05, 0.1) is 0 Å². The van der Waals surface area contributed by atoms with Crippen molar-refractivity contribution in [1.82, 2.24) is 9.97 Å². The fourth-order valence-corrected chi connectivity index (χ4v) is 3.45. The predicted octanol–water partition coefficient (Wildman–Crippen LogP) is 1.79. The van der Waals surface area contributed by atoms with Gasteiger partial charge in [0.2, 0.25) is 5.95 Å². The fourth-order valence-electron chi connectivity index (χ4n) is 2.54. The molecule has 1 aliphatic rings. The molecule has 1 aliphatic heterocycles. The number of carboxylic acids is 1. The van der Waals surface area contributed by atoms with E-state index in [0.29, 0.717) is 18.3 Å². The molecular weight excluding hydrogens is 288 g/mol. The maximum Gasteiger partial charge on any atom is 0.331 e. The molecule has 0 amide bonds. The highest BCUT2D eigenvalue weighted by molar-refractivity contribution is 7.10. The van der Waals surface area contributed by atoms with Gasteiger partial charge in [-0.3, -0.25) is 0 Å². The topological polar surface area (TPSA) is 69.6 Å². The molecule has 2 aromatic heterocycles. The molecule has 1 atom stereocenters. The van der Waals surface area contributed by atoms with Crippen molar-refractivity contribution in [2.24, 2.45) is 0 Å². The Morgan fingerprint density at radius 1 is 1.48 bits per heavy atom. The number of carboxylic acid groups (broad SMARTS) is 1. The molecule has 3 heterocycles. The Hall–Kier alpha value is -2.15. The van der Waals surface area contributed by atoms with E-state index in [1.807, 2.05) is 30.4 Å². The van der Waals surface area contributed by atoms with Gasteiger partial charge in [0.15, 0.2) is 6.04 Å². The van der Waals surface area contributed by atoms with Crippen LogP contribution in [0.3, 0.4) is 0 Å². The summed E-state index contributed by atoms with van der Waals surface area (Å²) in [5.74, 6) is 0.380. The van der Waals surface area contributed by atoms with Crippen molar-refractivity contribution >= 4 is 29.1 Å². The quantitative estimate of drug-likeness (QED) is 0.932. The average Bonchev–Trinajstić information content (AvgIpc) is 2.94. The number of anilines is 2. The Morgan fingerprint density at radius 2 is 2.29 bits per heavy atom. The lowest BCUT2D eigenvalue weighted by molar-refractivity contribution is -0.138. The van der Waals surface area contributed by atoms with E-state index >= 15 is 0 Å². The Bertz CT molecular complexity index is 670. The van der Waals surface area contributed by atoms with E-state index in [0.717, 1.165) is 16.9 Å². The number of aromatic nitrogens is 2. The largest absolute Gasteiger partial charge is 0.479 e. The van der Waals surface area contributed by atoms with E-state index < -0.39 is 12.0 Å². The van der Waals surface area contributed by atoms with Crippen molar-refractivity contribution in [1.29, 1.82) is 0 Å². The zero-order valence-corrected chi connectivity index (χ0v) is 12.7. The van der Waals surface area contributed by atoms with Gasteiger partial charge < -0.3 is 14.9 Å². The van der Waals surface area contributed by atoms with Gasteiger partial charge in [-0.05, 0) is 29.5 Å². The molecule has 6 nitrogen and oxygen atoms in total. The third-order valence-corrected chi connectivity index (χ3v) is 4.52. The van der Waals surface area contributed by atoms with E-state index in [4.69, 9.17) is 0 Å². The van der Waals surface area contributed by atoms with Crippen LogP contribution in [0.1, 0.15) is 16.5 Å². The second-order valence-electron chi connectivity index (χ2n) is 5.09. The van der Waals surface area contributed by atoms with Crippen LogP contribution in [0.25, 0.3) is 0 Å². The van der Waals surface area contributed by atoms with Crippen LogP contribution in [0.4, 0.5) is 11.8 Å². The monoisotopic (exact) mass is 304 g/mol. The standard InChI is InChI=1S/C14H16N4O2S/c1-17(2)14-15-6-3-11(16-14)18-7-4-10-9(5-8-21-10)12(18)13(19)20/h3,5-6,8,12H,4,7H2,1-2H3,(H,19,20). The van der Waals surface area contributed by atoms with Gasteiger partial charge in [-0.25, -0.2) is 9.78 Å². The SMILES string of the molecule is CN(C)c1nccc(N2CCc3sccc3C2C(=O)O)n1. The van der Waals surface area contributed by atoms with Crippen molar-refractivity contribution in [2.45, 2.75) is 12.5 Å². The van der Waals surface area contributed by atoms with Gasteiger partial charge in [-0.15, -0.1) is 11.3 Å². The van der Waals surface area contributed by atoms with E-state index in [2.05, 4.69) is 9.97 Å². The number of hydrogen-bond acceptors (Lipinski definition) is 6. The number of nitrogens with zero attached hydrogens (tertiary/aromatic N) is 4. The Balaban J connectivity index is 2.02. The third-order valence-electron chi connectivity index (χ3n) is 3.52. The van der Waals surface area contributed by atoms with Gasteiger partial charge in [0.25, 0.3) is 0 Å². The number of aliphatic carboxylic acids is 1. The van der Waals surface area contributed by atoms with Crippen molar-refractivity contribution in [3.05, 3.63) is 34.2 Å². The predicted molar refractivity (Wildman–Crippen MR) is 82.1 cm³/mol. The minimum absolute atomic E-state index is 0.577. The molecule has 0 aliphatic carbocycles. The first-order valence-electron chi connectivity index (χ1n) is 6.64. The smallest absolute Gasteiger partial charge is 0.331 e. The van der Waals surface area contributed by atoms with Crippen LogP contribution >= 0.6 is 11.3 Å². The summed E-state index contributed by atoms with van der Waals surface area (Å²) in [6.07, 6.45) is 2.51. The molecule has 0 bridgehead atoms. The second-order valence-corrected chi connectivity index (χ2v) is 6.09. The van der Waals surface area contributed by atoms with Crippen molar-refractivity contribution < 1.29 is 9.90 Å². The third kappa shape index (κ3) is 2.44. The van der Waals surface area contributed by atoms with Crippen LogP contribution in [-0.2, 0) is 11.2 Å². The maximum absolute atomic E-state index is 11.7. The van der Waals surface area contributed by atoms with Crippen molar-refractivity contribution in [3.8, 4) is 0 Å². The lowest BCUT2D eigenvalue weighted by Crippen LogP contribution is -2.39. The van der Waals surface area contributed by atoms with Gasteiger partial charge in [-0.2, -0.15) is 4.98 Å². The zero-order valence-electron chi connectivity index (χ0n) is 11.9. The van der Waals surface area contributed by atoms with Gasteiger partial charge in [-0.1, -0.05) is 0 Å². The van der Waals surface area contributed by atoms with Crippen molar-refractivity contribution in [3.63, 3.8) is 0 Å². The molecular formula is C14H16N4O2S. The minimum atomic E-state index is -0.848. The number of rotatable bonds is 3. The number of hydrogen-bond donors (Lipinski definition) is 1. The molecule has 110 valence electrons. The maximum atomic E-state index is 11.7. The molecule has 3 rings (SSSR count). The summed E-state index contributed by atoms with van der Waals surface area (Å²) in [5.41, 5.74) is 0.878. The molecule has 1 unspecified atom stereocenters. The fraction of sp³-hybridized carbons (Fsp3) is 0.357. The van der Waals surface area contributed by atoms with Crippen LogP contribution in [0.15, 0.2) is 23.7 Å².